The van der Waals surface area contributed by atoms with Gasteiger partial charge in [0.2, 0.25) is 0 Å². The van der Waals surface area contributed by atoms with Gasteiger partial charge in [0.25, 0.3) is 5.19 Å². The third-order valence-corrected chi connectivity index (χ3v) is 3.45. The van der Waals surface area contributed by atoms with Crippen LogP contribution < -0.4 is 10.1 Å². The summed E-state index contributed by atoms with van der Waals surface area (Å²) >= 11 is 1.47. The monoisotopic (exact) mass is 277 g/mol. The van der Waals surface area contributed by atoms with Gasteiger partial charge in [-0.1, -0.05) is 49.3 Å². The van der Waals surface area contributed by atoms with Crippen molar-refractivity contribution in [2.45, 2.75) is 39.8 Å². The average Bonchev–Trinajstić information content (AvgIpc) is 2.85. The second kappa shape index (κ2) is 6.63. The van der Waals surface area contributed by atoms with E-state index < -0.39 is 0 Å². The van der Waals surface area contributed by atoms with Crippen LogP contribution in [0.1, 0.15) is 31.3 Å². The smallest absolute Gasteiger partial charge is 0.299 e. The van der Waals surface area contributed by atoms with Crippen LogP contribution in [0.2, 0.25) is 0 Å². The van der Waals surface area contributed by atoms with E-state index in [1.54, 1.807) is 0 Å². The van der Waals surface area contributed by atoms with Crippen molar-refractivity contribution in [3.63, 3.8) is 0 Å². The number of nitrogens with zero attached hydrogens (tertiary/aromatic N) is 2. The first kappa shape index (κ1) is 14.0. The van der Waals surface area contributed by atoms with Crippen LogP contribution in [-0.4, -0.2) is 16.2 Å². The molecule has 19 heavy (non-hydrogen) atoms. The maximum Gasteiger partial charge on any atom is 0.299 e. The summed E-state index contributed by atoms with van der Waals surface area (Å²) < 4.78 is 5.68. The van der Waals surface area contributed by atoms with Crippen LogP contribution in [0.3, 0.4) is 0 Å². The molecular formula is C14H19N3OS. The van der Waals surface area contributed by atoms with Crippen LogP contribution in [0.15, 0.2) is 24.3 Å². The molecule has 0 atom stereocenters. The van der Waals surface area contributed by atoms with Crippen LogP contribution in [-0.2, 0) is 13.0 Å². The van der Waals surface area contributed by atoms with E-state index in [0.29, 0.717) is 11.2 Å². The Morgan fingerprint density at radius 2 is 1.95 bits per heavy atom. The fourth-order valence-corrected chi connectivity index (χ4v) is 2.19. The molecule has 0 aliphatic heterocycles. The Kier molecular flexibility index (Phi) is 4.87. The number of rotatable bonds is 6. The lowest BCUT2D eigenvalue weighted by molar-refractivity contribution is 0.472. The molecule has 4 nitrogen and oxygen atoms in total. The molecule has 0 aliphatic rings. The number of ether oxygens (including phenoxy) is 1. The number of aryl methyl sites for hydroxylation is 1. The van der Waals surface area contributed by atoms with Gasteiger partial charge < -0.3 is 10.1 Å². The van der Waals surface area contributed by atoms with Crippen LogP contribution in [0, 0.1) is 0 Å². The zero-order valence-electron chi connectivity index (χ0n) is 11.5. The molecule has 0 amide bonds. The zero-order valence-corrected chi connectivity index (χ0v) is 12.3. The molecule has 5 heteroatoms. The van der Waals surface area contributed by atoms with Crippen molar-refractivity contribution in [1.82, 2.24) is 15.5 Å². The number of nitrogens with one attached hydrogen (secondary N) is 1. The molecule has 0 fully saturated rings. The average molecular weight is 277 g/mol. The molecule has 0 saturated carbocycles. The molecule has 0 saturated heterocycles. The van der Waals surface area contributed by atoms with Crippen molar-refractivity contribution in [2.24, 2.45) is 0 Å². The van der Waals surface area contributed by atoms with Crippen LogP contribution in [0.4, 0.5) is 0 Å². The van der Waals surface area contributed by atoms with Gasteiger partial charge in [-0.25, -0.2) is 0 Å². The zero-order chi connectivity index (χ0) is 13.7. The molecule has 102 valence electrons. The number of aromatic nitrogens is 2. The van der Waals surface area contributed by atoms with Crippen molar-refractivity contribution >= 4 is 11.3 Å². The summed E-state index contributed by atoms with van der Waals surface area (Å²) in [6, 6.07) is 8.50. The topological polar surface area (TPSA) is 47.0 Å². The van der Waals surface area contributed by atoms with Crippen molar-refractivity contribution < 1.29 is 4.74 Å². The molecule has 2 rings (SSSR count). The summed E-state index contributed by atoms with van der Waals surface area (Å²) in [5, 5.41) is 13.0. The normalized spacial score (nSPS) is 10.9. The highest BCUT2D eigenvalue weighted by Crippen LogP contribution is 2.25. The predicted octanol–water partition coefficient (Wildman–Crippen LogP) is 3.39. The quantitative estimate of drug-likeness (QED) is 0.879. The Labute approximate surface area is 117 Å². The molecule has 0 unspecified atom stereocenters. The first-order valence-electron chi connectivity index (χ1n) is 6.50. The molecule has 0 bridgehead atoms. The summed E-state index contributed by atoms with van der Waals surface area (Å²) in [4.78, 5) is 0. The molecule has 1 heterocycles. The van der Waals surface area contributed by atoms with Crippen LogP contribution >= 0.6 is 11.3 Å². The summed E-state index contributed by atoms with van der Waals surface area (Å²) in [6.45, 7) is 7.07. The van der Waals surface area contributed by atoms with Crippen molar-refractivity contribution in [2.75, 3.05) is 0 Å². The standard InChI is InChI=1S/C14H19N3OS/c1-4-11-5-7-12(8-6-11)18-14-17-16-13(19-14)9-15-10(2)3/h5-8,10,15H,4,9H2,1-3H3. The Balaban J connectivity index is 1.95. The first-order chi connectivity index (χ1) is 9.17. The highest BCUT2D eigenvalue weighted by Gasteiger charge is 2.06. The van der Waals surface area contributed by atoms with E-state index >= 15 is 0 Å². The fourth-order valence-electron chi connectivity index (χ4n) is 1.54. The second-order valence-corrected chi connectivity index (χ2v) is 5.62. The van der Waals surface area contributed by atoms with Gasteiger partial charge in [-0.05, 0) is 24.1 Å². The summed E-state index contributed by atoms with van der Waals surface area (Å²) in [7, 11) is 0. The van der Waals surface area contributed by atoms with E-state index in [0.717, 1.165) is 23.7 Å². The van der Waals surface area contributed by atoms with Crippen molar-refractivity contribution in [3.8, 4) is 10.9 Å². The minimum atomic E-state index is 0.440. The fraction of sp³-hybridized carbons (Fsp3) is 0.429. The highest BCUT2D eigenvalue weighted by atomic mass is 32.1. The lowest BCUT2D eigenvalue weighted by Gasteiger charge is -2.04. The SMILES string of the molecule is CCc1ccc(Oc2nnc(CNC(C)C)s2)cc1. The van der Waals surface area contributed by atoms with Crippen molar-refractivity contribution in [3.05, 3.63) is 34.8 Å². The minimum absolute atomic E-state index is 0.440. The van der Waals surface area contributed by atoms with Crippen LogP contribution in [0.5, 0.6) is 10.9 Å². The predicted molar refractivity (Wildman–Crippen MR) is 77.8 cm³/mol. The van der Waals surface area contributed by atoms with E-state index in [9.17, 15) is 0 Å². The van der Waals surface area contributed by atoms with Gasteiger partial charge in [-0.3, -0.25) is 0 Å². The Hall–Kier alpha value is -1.46. The van der Waals surface area contributed by atoms with Gasteiger partial charge in [-0.15, -0.1) is 5.10 Å². The molecule has 1 aromatic heterocycles. The molecule has 1 aromatic carbocycles. The van der Waals surface area contributed by atoms with Crippen LogP contribution in [0.25, 0.3) is 0 Å². The third kappa shape index (κ3) is 4.29. The van der Waals surface area contributed by atoms with Gasteiger partial charge in [0.15, 0.2) is 0 Å². The highest BCUT2D eigenvalue weighted by molar-refractivity contribution is 7.13. The van der Waals surface area contributed by atoms with E-state index in [2.05, 4.69) is 48.4 Å². The lowest BCUT2D eigenvalue weighted by atomic mass is 10.2. The Morgan fingerprint density at radius 1 is 1.21 bits per heavy atom. The maximum absolute atomic E-state index is 5.68. The van der Waals surface area contributed by atoms with E-state index in [-0.39, 0.29) is 0 Å². The summed E-state index contributed by atoms with van der Waals surface area (Å²) in [5.41, 5.74) is 1.30. The lowest BCUT2D eigenvalue weighted by Crippen LogP contribution is -2.21. The number of hydrogen-bond acceptors (Lipinski definition) is 5. The Bertz CT molecular complexity index is 508. The molecule has 0 spiro atoms. The van der Waals surface area contributed by atoms with Crippen molar-refractivity contribution in [1.29, 1.82) is 0 Å². The van der Waals surface area contributed by atoms with Gasteiger partial charge in [0.1, 0.15) is 10.8 Å². The summed E-state index contributed by atoms with van der Waals surface area (Å²) in [5.74, 6) is 0.803. The van der Waals surface area contributed by atoms with Gasteiger partial charge in [0, 0.05) is 6.04 Å². The van der Waals surface area contributed by atoms with E-state index in [1.165, 1.54) is 16.9 Å². The number of hydrogen-bond donors (Lipinski definition) is 1. The van der Waals surface area contributed by atoms with Gasteiger partial charge >= 0.3 is 0 Å². The van der Waals surface area contributed by atoms with Gasteiger partial charge in [0.05, 0.1) is 6.54 Å². The molecular weight excluding hydrogens is 258 g/mol. The third-order valence-electron chi connectivity index (χ3n) is 2.65. The molecule has 2 aromatic rings. The molecule has 0 aliphatic carbocycles. The first-order valence-corrected chi connectivity index (χ1v) is 7.31. The Morgan fingerprint density at radius 3 is 2.58 bits per heavy atom. The minimum Gasteiger partial charge on any atom is -0.430 e. The van der Waals surface area contributed by atoms with E-state index in [1.807, 2.05) is 12.1 Å². The number of benzene rings is 1. The van der Waals surface area contributed by atoms with E-state index in [4.69, 9.17) is 4.74 Å². The van der Waals surface area contributed by atoms with Gasteiger partial charge in [-0.2, -0.15) is 0 Å². The summed E-state index contributed by atoms with van der Waals surface area (Å²) in [6.07, 6.45) is 1.03. The molecule has 1 N–H and O–H groups in total. The largest absolute Gasteiger partial charge is 0.430 e. The molecule has 0 radical (unpaired) electrons. The maximum atomic E-state index is 5.68. The second-order valence-electron chi connectivity index (χ2n) is 4.60.